The smallest absolute Gasteiger partial charge is 0.272 e. The zero-order chi connectivity index (χ0) is 30.8. The van der Waals surface area contributed by atoms with E-state index in [9.17, 15) is 14.7 Å². The lowest BCUT2D eigenvalue weighted by atomic mass is 9.98. The zero-order valence-electron chi connectivity index (χ0n) is 26.0. The van der Waals surface area contributed by atoms with Gasteiger partial charge in [0.1, 0.15) is 11.4 Å². The lowest BCUT2D eigenvalue weighted by molar-refractivity contribution is 0.0588. The number of benzene rings is 2. The van der Waals surface area contributed by atoms with Crippen LogP contribution >= 0.6 is 0 Å². The molecule has 0 radical (unpaired) electrons. The van der Waals surface area contributed by atoms with Gasteiger partial charge >= 0.3 is 0 Å². The van der Waals surface area contributed by atoms with Gasteiger partial charge in [-0.25, -0.2) is 0 Å². The standard InChI is InChI=1S/C34H47N5O4/c1-5-13-27-17-10-11-19-38(27)34(42)31-22-30(37-39(31)6-2)33(41)36-29(20-25-14-8-7-9-15-25)32(40)23-35-24(3)26-16-12-18-28(21-26)43-4/h7-9,12,14-16,18,21-22,24,27,29,32,35,40H,5-6,10-11,13,17,19-20,23H2,1-4H3,(H,36,41)/t24-,27?,29-,32-/m0/s1. The van der Waals surface area contributed by atoms with Crippen LogP contribution in [0.4, 0.5) is 0 Å². The van der Waals surface area contributed by atoms with Crippen LogP contribution in [0.1, 0.15) is 91.0 Å². The maximum atomic E-state index is 13.7. The van der Waals surface area contributed by atoms with Gasteiger partial charge in [0.15, 0.2) is 5.69 Å². The molecule has 3 aromatic rings. The molecule has 4 atom stereocenters. The fourth-order valence-corrected chi connectivity index (χ4v) is 5.85. The lowest BCUT2D eigenvalue weighted by Gasteiger charge is -2.35. The molecule has 3 N–H and O–H groups in total. The minimum Gasteiger partial charge on any atom is -0.497 e. The third kappa shape index (κ3) is 8.45. The average Bonchev–Trinajstić information content (AvgIpc) is 3.48. The van der Waals surface area contributed by atoms with Crippen LogP contribution in [0, 0.1) is 0 Å². The van der Waals surface area contributed by atoms with Crippen molar-refractivity contribution in [1.82, 2.24) is 25.3 Å². The number of ether oxygens (including phenoxy) is 1. The molecule has 43 heavy (non-hydrogen) atoms. The highest BCUT2D eigenvalue weighted by atomic mass is 16.5. The molecule has 1 aromatic heterocycles. The summed E-state index contributed by atoms with van der Waals surface area (Å²) >= 11 is 0. The molecule has 2 aromatic carbocycles. The minimum atomic E-state index is -0.880. The number of likely N-dealkylation sites (tertiary alicyclic amines) is 1. The van der Waals surface area contributed by atoms with Crippen molar-refractivity contribution in [2.24, 2.45) is 0 Å². The number of nitrogens with zero attached hydrogens (tertiary/aromatic N) is 3. The van der Waals surface area contributed by atoms with Crippen molar-refractivity contribution in [2.45, 2.75) is 90.1 Å². The second kappa shape index (κ2) is 15.7. The zero-order valence-corrected chi connectivity index (χ0v) is 26.0. The van der Waals surface area contributed by atoms with Crippen molar-refractivity contribution in [3.63, 3.8) is 0 Å². The van der Waals surface area contributed by atoms with E-state index in [1.165, 1.54) is 0 Å². The number of aryl methyl sites for hydroxylation is 1. The van der Waals surface area contributed by atoms with Gasteiger partial charge in [-0.3, -0.25) is 14.3 Å². The van der Waals surface area contributed by atoms with E-state index in [2.05, 4.69) is 22.7 Å². The molecule has 1 unspecified atom stereocenters. The molecular weight excluding hydrogens is 542 g/mol. The highest BCUT2D eigenvalue weighted by molar-refractivity contribution is 5.98. The van der Waals surface area contributed by atoms with Gasteiger partial charge in [0.2, 0.25) is 0 Å². The summed E-state index contributed by atoms with van der Waals surface area (Å²) in [5.41, 5.74) is 2.64. The van der Waals surface area contributed by atoms with E-state index in [1.807, 2.05) is 73.3 Å². The summed E-state index contributed by atoms with van der Waals surface area (Å²) in [6.45, 7) is 7.55. The molecule has 9 nitrogen and oxygen atoms in total. The van der Waals surface area contributed by atoms with Gasteiger partial charge in [-0.1, -0.05) is 55.8 Å². The highest BCUT2D eigenvalue weighted by Gasteiger charge is 2.31. The average molecular weight is 590 g/mol. The molecule has 0 saturated carbocycles. The predicted molar refractivity (Wildman–Crippen MR) is 168 cm³/mol. The summed E-state index contributed by atoms with van der Waals surface area (Å²) in [7, 11) is 1.64. The summed E-state index contributed by atoms with van der Waals surface area (Å²) in [6.07, 6.45) is 4.69. The number of aliphatic hydroxyl groups is 1. The number of hydrogen-bond donors (Lipinski definition) is 3. The molecule has 9 heteroatoms. The van der Waals surface area contributed by atoms with Crippen molar-refractivity contribution in [1.29, 1.82) is 0 Å². The Labute approximate surface area is 255 Å². The van der Waals surface area contributed by atoms with E-state index in [1.54, 1.807) is 17.9 Å². The highest BCUT2D eigenvalue weighted by Crippen LogP contribution is 2.24. The van der Waals surface area contributed by atoms with Crippen LogP contribution in [0.25, 0.3) is 0 Å². The third-order valence-corrected chi connectivity index (χ3v) is 8.35. The van der Waals surface area contributed by atoms with Crippen LogP contribution in [0.15, 0.2) is 60.7 Å². The Balaban J connectivity index is 1.49. The Morgan fingerprint density at radius 2 is 1.88 bits per heavy atom. The molecule has 2 heterocycles. The molecule has 0 spiro atoms. The van der Waals surface area contributed by atoms with Crippen LogP contribution in [-0.4, -0.2) is 70.0 Å². The molecule has 1 aliphatic rings. The summed E-state index contributed by atoms with van der Waals surface area (Å²) in [5, 5.41) is 22.2. The Bertz CT molecular complexity index is 1330. The van der Waals surface area contributed by atoms with Gasteiger partial charge in [0, 0.05) is 37.8 Å². The largest absolute Gasteiger partial charge is 0.497 e. The van der Waals surface area contributed by atoms with E-state index in [0.29, 0.717) is 18.7 Å². The normalized spacial score (nSPS) is 17.2. The van der Waals surface area contributed by atoms with Gasteiger partial charge in [-0.15, -0.1) is 0 Å². The summed E-state index contributed by atoms with van der Waals surface area (Å²) < 4.78 is 6.97. The van der Waals surface area contributed by atoms with Gasteiger partial charge in [0.05, 0.1) is 19.3 Å². The quantitative estimate of drug-likeness (QED) is 0.250. The number of rotatable bonds is 14. The van der Waals surface area contributed by atoms with Crippen LogP contribution in [0.5, 0.6) is 5.75 Å². The molecule has 232 valence electrons. The molecule has 1 fully saturated rings. The van der Waals surface area contributed by atoms with Crippen molar-refractivity contribution < 1.29 is 19.4 Å². The number of hydrogen-bond acceptors (Lipinski definition) is 6. The van der Waals surface area contributed by atoms with Crippen molar-refractivity contribution >= 4 is 11.8 Å². The second-order valence-corrected chi connectivity index (χ2v) is 11.4. The first-order valence-corrected chi connectivity index (χ1v) is 15.6. The Hall–Kier alpha value is -3.69. The van der Waals surface area contributed by atoms with Crippen LogP contribution < -0.4 is 15.4 Å². The predicted octanol–water partition coefficient (Wildman–Crippen LogP) is 4.76. The molecule has 4 rings (SSSR count). The maximum Gasteiger partial charge on any atom is 0.272 e. The van der Waals surface area contributed by atoms with Gasteiger partial charge < -0.3 is 25.4 Å². The minimum absolute atomic E-state index is 0.0435. The molecule has 2 amide bonds. The van der Waals surface area contributed by atoms with Crippen LogP contribution in [0.2, 0.25) is 0 Å². The molecule has 0 bridgehead atoms. The molecular formula is C34H47N5O4. The van der Waals surface area contributed by atoms with Crippen molar-refractivity contribution in [2.75, 3.05) is 20.2 Å². The number of aliphatic hydroxyl groups excluding tert-OH is 1. The first kappa shape index (κ1) is 32.2. The third-order valence-electron chi connectivity index (χ3n) is 8.35. The monoisotopic (exact) mass is 589 g/mol. The fraction of sp³-hybridized carbons (Fsp3) is 0.500. The number of nitrogens with one attached hydrogen (secondary N) is 2. The van der Waals surface area contributed by atoms with Crippen LogP contribution in [0.3, 0.4) is 0 Å². The number of aromatic nitrogens is 2. The van der Waals surface area contributed by atoms with Gasteiger partial charge in [-0.2, -0.15) is 5.10 Å². The molecule has 1 aliphatic heterocycles. The van der Waals surface area contributed by atoms with Gasteiger partial charge in [0.25, 0.3) is 11.8 Å². The Morgan fingerprint density at radius 1 is 1.09 bits per heavy atom. The number of piperidine rings is 1. The maximum absolute atomic E-state index is 13.7. The van der Waals surface area contributed by atoms with E-state index in [-0.39, 0.29) is 30.2 Å². The summed E-state index contributed by atoms with van der Waals surface area (Å²) in [5.74, 6) is 0.292. The number of carbonyl (C=O) groups excluding carboxylic acids is 2. The first-order chi connectivity index (χ1) is 20.8. The molecule has 0 aliphatic carbocycles. The number of methoxy groups -OCH3 is 1. The number of amides is 2. The topological polar surface area (TPSA) is 109 Å². The van der Waals surface area contributed by atoms with Crippen molar-refractivity contribution in [3.8, 4) is 5.75 Å². The number of carbonyl (C=O) groups is 2. The first-order valence-electron chi connectivity index (χ1n) is 15.6. The van der Waals surface area contributed by atoms with E-state index < -0.39 is 18.1 Å². The summed E-state index contributed by atoms with van der Waals surface area (Å²) in [4.78, 5) is 29.2. The second-order valence-electron chi connectivity index (χ2n) is 11.4. The van der Waals surface area contributed by atoms with Crippen LogP contribution in [-0.2, 0) is 13.0 Å². The van der Waals surface area contributed by atoms with E-state index in [4.69, 9.17) is 4.74 Å². The van der Waals surface area contributed by atoms with E-state index in [0.717, 1.165) is 55.5 Å². The van der Waals surface area contributed by atoms with E-state index >= 15 is 0 Å². The Morgan fingerprint density at radius 3 is 2.60 bits per heavy atom. The van der Waals surface area contributed by atoms with Crippen molar-refractivity contribution in [3.05, 3.63) is 83.2 Å². The Kier molecular flexibility index (Phi) is 11.8. The lowest BCUT2D eigenvalue weighted by Crippen LogP contribution is -2.49. The fourth-order valence-electron chi connectivity index (χ4n) is 5.85. The SMILES string of the molecule is CCCC1CCCCN1C(=O)c1cc(C(=O)N[C@@H](Cc2ccccc2)[C@@H](O)CN[C@@H](C)c2cccc(OC)c2)nn1CC. The molecule has 1 saturated heterocycles. The summed E-state index contributed by atoms with van der Waals surface area (Å²) in [6, 6.07) is 18.8. The van der Waals surface area contributed by atoms with Gasteiger partial charge in [-0.05, 0) is 69.2 Å².